The molecule has 21 heavy (non-hydrogen) atoms. The standard InChI is InChI=1S/C15H12N4O2/c1-9-5-10(3-4-17-9)15(20)19-12-8-21-13-6-11(16-2)7-18-14(12)13/h3-7,12H,8H2,1H3,(H,19,20). The van der Waals surface area contributed by atoms with Crippen molar-refractivity contribution in [3.8, 4) is 5.75 Å². The molecule has 0 aliphatic carbocycles. The van der Waals surface area contributed by atoms with Crippen LogP contribution in [0.15, 0.2) is 30.6 Å². The molecule has 1 N–H and O–H groups in total. The molecule has 1 aliphatic heterocycles. The van der Waals surface area contributed by atoms with E-state index in [0.29, 0.717) is 29.3 Å². The molecular formula is C15H12N4O2. The Labute approximate surface area is 121 Å². The first-order chi connectivity index (χ1) is 10.2. The van der Waals surface area contributed by atoms with Crippen molar-refractivity contribution < 1.29 is 9.53 Å². The van der Waals surface area contributed by atoms with Gasteiger partial charge in [-0.15, -0.1) is 0 Å². The number of nitrogens with zero attached hydrogens (tertiary/aromatic N) is 3. The molecule has 2 aromatic rings. The molecule has 6 nitrogen and oxygen atoms in total. The van der Waals surface area contributed by atoms with Gasteiger partial charge in [-0.25, -0.2) is 4.85 Å². The summed E-state index contributed by atoms with van der Waals surface area (Å²) in [7, 11) is 0. The summed E-state index contributed by atoms with van der Waals surface area (Å²) >= 11 is 0. The highest BCUT2D eigenvalue weighted by molar-refractivity contribution is 5.94. The van der Waals surface area contributed by atoms with Gasteiger partial charge in [-0.1, -0.05) is 0 Å². The lowest BCUT2D eigenvalue weighted by molar-refractivity contribution is 0.0929. The lowest BCUT2D eigenvalue weighted by Gasteiger charge is -2.11. The van der Waals surface area contributed by atoms with Gasteiger partial charge in [-0.05, 0) is 25.1 Å². The maximum absolute atomic E-state index is 12.2. The van der Waals surface area contributed by atoms with Gasteiger partial charge in [0.1, 0.15) is 24.1 Å². The van der Waals surface area contributed by atoms with Crippen molar-refractivity contribution in [2.24, 2.45) is 0 Å². The Kier molecular flexibility index (Phi) is 3.24. The second-order valence-electron chi connectivity index (χ2n) is 4.71. The molecule has 1 unspecified atom stereocenters. The Bertz CT molecular complexity index is 752. The molecule has 0 fully saturated rings. The van der Waals surface area contributed by atoms with Crippen molar-refractivity contribution in [2.75, 3.05) is 6.61 Å². The molecule has 0 radical (unpaired) electrons. The summed E-state index contributed by atoms with van der Waals surface area (Å²) in [5.74, 6) is 0.359. The van der Waals surface area contributed by atoms with E-state index in [-0.39, 0.29) is 11.9 Å². The highest BCUT2D eigenvalue weighted by Gasteiger charge is 2.27. The molecule has 1 aliphatic rings. The average molecular weight is 280 g/mol. The normalized spacial score (nSPS) is 15.7. The summed E-state index contributed by atoms with van der Waals surface area (Å²) in [5.41, 5.74) is 2.41. The summed E-state index contributed by atoms with van der Waals surface area (Å²) in [6.07, 6.45) is 3.08. The van der Waals surface area contributed by atoms with E-state index in [9.17, 15) is 4.79 Å². The van der Waals surface area contributed by atoms with Crippen LogP contribution in [0.4, 0.5) is 5.69 Å². The summed E-state index contributed by atoms with van der Waals surface area (Å²) in [6, 6.07) is 4.72. The van der Waals surface area contributed by atoms with E-state index < -0.39 is 0 Å². The lowest BCUT2D eigenvalue weighted by atomic mass is 10.1. The second-order valence-corrected chi connectivity index (χ2v) is 4.71. The molecule has 0 saturated carbocycles. The van der Waals surface area contributed by atoms with Crippen molar-refractivity contribution in [2.45, 2.75) is 13.0 Å². The van der Waals surface area contributed by atoms with Crippen LogP contribution in [-0.2, 0) is 0 Å². The van der Waals surface area contributed by atoms with Crippen LogP contribution in [-0.4, -0.2) is 22.5 Å². The number of hydrogen-bond acceptors (Lipinski definition) is 4. The Hall–Kier alpha value is -2.94. The first-order valence-electron chi connectivity index (χ1n) is 6.41. The van der Waals surface area contributed by atoms with Crippen molar-refractivity contribution in [3.63, 3.8) is 0 Å². The van der Waals surface area contributed by atoms with Gasteiger partial charge in [0.2, 0.25) is 5.69 Å². The van der Waals surface area contributed by atoms with Crippen LogP contribution in [0, 0.1) is 13.5 Å². The molecule has 0 spiro atoms. The fourth-order valence-corrected chi connectivity index (χ4v) is 2.17. The molecule has 1 amide bonds. The van der Waals surface area contributed by atoms with Gasteiger partial charge in [0.15, 0.2) is 0 Å². The van der Waals surface area contributed by atoms with Crippen LogP contribution in [0.3, 0.4) is 0 Å². The van der Waals surface area contributed by atoms with E-state index in [4.69, 9.17) is 11.3 Å². The Balaban J connectivity index is 1.79. The molecule has 0 bridgehead atoms. The maximum Gasteiger partial charge on any atom is 0.252 e. The fourth-order valence-electron chi connectivity index (χ4n) is 2.17. The van der Waals surface area contributed by atoms with Crippen LogP contribution in [0.1, 0.15) is 27.8 Å². The molecular weight excluding hydrogens is 268 g/mol. The third-order valence-corrected chi connectivity index (χ3v) is 3.20. The molecule has 104 valence electrons. The van der Waals surface area contributed by atoms with Crippen molar-refractivity contribution in [1.82, 2.24) is 15.3 Å². The van der Waals surface area contributed by atoms with E-state index in [1.807, 2.05) is 6.92 Å². The highest BCUT2D eigenvalue weighted by Crippen LogP contribution is 2.33. The first-order valence-corrected chi connectivity index (χ1v) is 6.41. The Morgan fingerprint density at radius 1 is 1.48 bits per heavy atom. The number of nitrogens with one attached hydrogen (secondary N) is 1. The largest absolute Gasteiger partial charge is 0.490 e. The van der Waals surface area contributed by atoms with E-state index in [0.717, 1.165) is 5.69 Å². The molecule has 1 atom stereocenters. The van der Waals surface area contributed by atoms with E-state index in [1.165, 1.54) is 6.20 Å². The Morgan fingerprint density at radius 2 is 2.33 bits per heavy atom. The molecule has 0 saturated heterocycles. The summed E-state index contributed by atoms with van der Waals surface area (Å²) in [5, 5.41) is 2.88. The molecule has 2 aromatic heterocycles. The number of carbonyl (C=O) groups is 1. The van der Waals surface area contributed by atoms with Gasteiger partial charge in [0, 0.05) is 23.7 Å². The van der Waals surface area contributed by atoms with Crippen LogP contribution >= 0.6 is 0 Å². The van der Waals surface area contributed by atoms with Crippen LogP contribution in [0.5, 0.6) is 5.75 Å². The lowest BCUT2D eigenvalue weighted by Crippen LogP contribution is -2.29. The summed E-state index contributed by atoms with van der Waals surface area (Å²) in [6.45, 7) is 9.11. The third-order valence-electron chi connectivity index (χ3n) is 3.20. The topological polar surface area (TPSA) is 68.5 Å². The minimum Gasteiger partial charge on any atom is -0.490 e. The first kappa shape index (κ1) is 13.1. The number of aromatic nitrogens is 2. The minimum atomic E-state index is -0.305. The minimum absolute atomic E-state index is 0.196. The van der Waals surface area contributed by atoms with E-state index >= 15 is 0 Å². The number of aryl methyl sites for hydroxylation is 1. The summed E-state index contributed by atoms with van der Waals surface area (Å²) < 4.78 is 5.48. The van der Waals surface area contributed by atoms with Gasteiger partial charge < -0.3 is 10.1 Å². The monoisotopic (exact) mass is 280 g/mol. The molecule has 3 rings (SSSR count). The third kappa shape index (κ3) is 2.54. The average Bonchev–Trinajstić information content (AvgIpc) is 2.89. The van der Waals surface area contributed by atoms with Gasteiger partial charge in [-0.3, -0.25) is 14.8 Å². The quantitative estimate of drug-likeness (QED) is 0.856. The zero-order valence-electron chi connectivity index (χ0n) is 11.3. The number of ether oxygens (including phenoxy) is 1. The highest BCUT2D eigenvalue weighted by atomic mass is 16.5. The van der Waals surface area contributed by atoms with E-state index in [1.54, 1.807) is 24.4 Å². The van der Waals surface area contributed by atoms with E-state index in [2.05, 4.69) is 20.1 Å². The summed E-state index contributed by atoms with van der Waals surface area (Å²) in [4.78, 5) is 23.8. The second kappa shape index (κ2) is 5.21. The zero-order valence-corrected chi connectivity index (χ0v) is 11.3. The van der Waals surface area contributed by atoms with Gasteiger partial charge in [0.25, 0.3) is 5.91 Å². The van der Waals surface area contributed by atoms with Gasteiger partial charge in [-0.2, -0.15) is 0 Å². The van der Waals surface area contributed by atoms with Crippen LogP contribution < -0.4 is 10.1 Å². The predicted molar refractivity (Wildman–Crippen MR) is 75.2 cm³/mol. The van der Waals surface area contributed by atoms with Crippen molar-refractivity contribution in [1.29, 1.82) is 0 Å². The Morgan fingerprint density at radius 3 is 3.10 bits per heavy atom. The molecule has 3 heterocycles. The number of pyridine rings is 2. The predicted octanol–water partition coefficient (Wildman–Crippen LogP) is 2.20. The number of amides is 1. The fraction of sp³-hybridized carbons (Fsp3) is 0.200. The van der Waals surface area contributed by atoms with Crippen LogP contribution in [0.2, 0.25) is 0 Å². The van der Waals surface area contributed by atoms with Crippen molar-refractivity contribution >= 4 is 11.6 Å². The smallest absolute Gasteiger partial charge is 0.252 e. The molecule has 6 heteroatoms. The number of hydrogen-bond donors (Lipinski definition) is 1. The number of fused-ring (bicyclic) bond motifs is 1. The van der Waals surface area contributed by atoms with Crippen molar-refractivity contribution in [3.05, 3.63) is 59.0 Å². The molecule has 0 aromatic carbocycles. The SMILES string of the molecule is [C-]#[N+]c1cnc2c(c1)OCC2NC(=O)c1ccnc(C)c1. The zero-order chi connectivity index (χ0) is 14.8. The maximum atomic E-state index is 12.2. The van der Waals surface area contributed by atoms with Gasteiger partial charge >= 0.3 is 0 Å². The number of carbonyl (C=O) groups excluding carboxylic acids is 1. The number of rotatable bonds is 2. The van der Waals surface area contributed by atoms with Crippen LogP contribution in [0.25, 0.3) is 4.85 Å². The van der Waals surface area contributed by atoms with Gasteiger partial charge in [0.05, 0.1) is 6.57 Å².